The van der Waals surface area contributed by atoms with E-state index in [9.17, 15) is 13.2 Å². The van der Waals surface area contributed by atoms with Gasteiger partial charge in [-0.25, -0.2) is 0 Å². The lowest BCUT2D eigenvalue weighted by atomic mass is 9.72. The number of aryl methyl sites for hydroxylation is 1. The van der Waals surface area contributed by atoms with E-state index in [0.717, 1.165) is 34.8 Å². The third-order valence-corrected chi connectivity index (χ3v) is 8.44. The van der Waals surface area contributed by atoms with Gasteiger partial charge in [-0.3, -0.25) is 14.9 Å². The molecule has 1 fully saturated rings. The van der Waals surface area contributed by atoms with Crippen molar-refractivity contribution in [1.82, 2.24) is 29.6 Å². The smallest absolute Gasteiger partial charge is 0.379 e. The molecule has 0 radical (unpaired) electrons. The fraction of sp³-hybridized carbons (Fsp3) is 0.429. The van der Waals surface area contributed by atoms with E-state index in [1.54, 1.807) is 24.2 Å². The number of benzene rings is 1. The molecule has 0 aliphatic heterocycles. The van der Waals surface area contributed by atoms with Gasteiger partial charge in [0.15, 0.2) is 0 Å². The lowest BCUT2D eigenvalue weighted by molar-refractivity contribution is -0.138. The Labute approximate surface area is 230 Å². The Bertz CT molecular complexity index is 1380. The van der Waals surface area contributed by atoms with Crippen LogP contribution in [-0.2, 0) is 26.3 Å². The minimum Gasteiger partial charge on any atom is -0.379 e. The zero-order valence-corrected chi connectivity index (χ0v) is 23.0. The summed E-state index contributed by atoms with van der Waals surface area (Å²) in [5, 5.41) is 11.6. The summed E-state index contributed by atoms with van der Waals surface area (Å²) in [6, 6.07) is 8.85. The van der Waals surface area contributed by atoms with Crippen molar-refractivity contribution < 1.29 is 13.2 Å². The number of hydrogen-bond acceptors (Lipinski definition) is 7. The van der Waals surface area contributed by atoms with Gasteiger partial charge in [-0.15, -0.1) is 21.5 Å². The summed E-state index contributed by atoms with van der Waals surface area (Å²) in [7, 11) is 3.83. The van der Waals surface area contributed by atoms with Gasteiger partial charge in [-0.1, -0.05) is 18.6 Å². The van der Waals surface area contributed by atoms with Gasteiger partial charge in [0.25, 0.3) is 0 Å². The summed E-state index contributed by atoms with van der Waals surface area (Å²) in [6.07, 6.45) is 3.96. The first kappa shape index (κ1) is 27.3. The van der Waals surface area contributed by atoms with E-state index in [4.69, 9.17) is 0 Å². The molecule has 2 atom stereocenters. The van der Waals surface area contributed by atoms with Crippen LogP contribution < -0.4 is 5.32 Å². The van der Waals surface area contributed by atoms with Gasteiger partial charge in [-0.2, -0.15) is 13.2 Å². The van der Waals surface area contributed by atoms with Crippen molar-refractivity contribution in [2.45, 2.75) is 57.4 Å². The van der Waals surface area contributed by atoms with Crippen LogP contribution in [0.25, 0.3) is 0 Å². The van der Waals surface area contributed by atoms with Crippen LogP contribution in [0.15, 0.2) is 54.6 Å². The lowest BCUT2D eigenvalue weighted by Crippen LogP contribution is -2.24. The number of anilines is 1. The molecule has 39 heavy (non-hydrogen) atoms. The van der Waals surface area contributed by atoms with E-state index < -0.39 is 11.7 Å². The number of thiazole rings is 1. The van der Waals surface area contributed by atoms with Gasteiger partial charge in [0, 0.05) is 48.5 Å². The molecule has 1 saturated carbocycles. The van der Waals surface area contributed by atoms with E-state index in [2.05, 4.69) is 31.5 Å². The van der Waals surface area contributed by atoms with Crippen LogP contribution in [-0.4, -0.2) is 36.7 Å². The molecule has 5 rings (SSSR count). The maximum absolute atomic E-state index is 14.1. The highest BCUT2D eigenvalue weighted by molar-refractivity contribution is 7.09. The molecule has 0 saturated heterocycles. The molecule has 3 aromatic heterocycles. The Hall–Kier alpha value is -3.31. The van der Waals surface area contributed by atoms with Gasteiger partial charge < -0.3 is 9.88 Å². The van der Waals surface area contributed by atoms with E-state index in [1.165, 1.54) is 23.8 Å². The summed E-state index contributed by atoms with van der Waals surface area (Å²) >= 11 is 1.52. The molecule has 0 bridgehead atoms. The predicted molar refractivity (Wildman–Crippen MR) is 145 cm³/mol. The van der Waals surface area contributed by atoms with E-state index in [1.807, 2.05) is 48.7 Å². The first-order valence-corrected chi connectivity index (χ1v) is 13.9. The SMILES string of the molecule is C[C@@H](c1cnc(CNc2cccc([C@H](c3nncn3C)C3CCC3)c2)c(C(F)(F)F)c1)N(C)Cc1cncs1. The summed E-state index contributed by atoms with van der Waals surface area (Å²) in [6.45, 7) is 2.45. The fourth-order valence-electron chi connectivity index (χ4n) is 5.09. The minimum absolute atomic E-state index is 0.0298. The zero-order chi connectivity index (χ0) is 27.6. The molecule has 206 valence electrons. The van der Waals surface area contributed by atoms with Crippen molar-refractivity contribution in [3.8, 4) is 0 Å². The molecule has 1 N–H and O–H groups in total. The molecule has 7 nitrogen and oxygen atoms in total. The summed E-state index contributed by atoms with van der Waals surface area (Å²) in [5.41, 5.74) is 3.35. The molecule has 11 heteroatoms. The minimum atomic E-state index is -4.52. The van der Waals surface area contributed by atoms with Crippen LogP contribution in [0.5, 0.6) is 0 Å². The first-order valence-electron chi connectivity index (χ1n) is 13.0. The predicted octanol–water partition coefficient (Wildman–Crippen LogP) is 6.42. The highest BCUT2D eigenvalue weighted by Gasteiger charge is 2.35. The van der Waals surface area contributed by atoms with Gasteiger partial charge in [0.1, 0.15) is 12.2 Å². The van der Waals surface area contributed by atoms with Crippen LogP contribution in [0.1, 0.15) is 71.2 Å². The number of alkyl halides is 3. The zero-order valence-electron chi connectivity index (χ0n) is 22.2. The Morgan fingerprint density at radius 2 is 2.00 bits per heavy atom. The Morgan fingerprint density at radius 3 is 2.64 bits per heavy atom. The van der Waals surface area contributed by atoms with Crippen molar-refractivity contribution >= 4 is 17.0 Å². The van der Waals surface area contributed by atoms with E-state index >= 15 is 0 Å². The van der Waals surface area contributed by atoms with Crippen molar-refractivity contribution in [1.29, 1.82) is 0 Å². The van der Waals surface area contributed by atoms with Crippen molar-refractivity contribution in [2.75, 3.05) is 12.4 Å². The molecular weight excluding hydrogens is 523 g/mol. The Balaban J connectivity index is 1.34. The summed E-state index contributed by atoms with van der Waals surface area (Å²) in [5.74, 6) is 1.48. The highest BCUT2D eigenvalue weighted by atomic mass is 32.1. The topological polar surface area (TPSA) is 71.8 Å². The molecule has 0 amide bonds. The Morgan fingerprint density at radius 1 is 1.18 bits per heavy atom. The average molecular weight is 556 g/mol. The van der Waals surface area contributed by atoms with Crippen LogP contribution in [0.2, 0.25) is 0 Å². The van der Waals surface area contributed by atoms with E-state index in [0.29, 0.717) is 18.0 Å². The van der Waals surface area contributed by atoms with Crippen molar-refractivity contribution in [3.63, 3.8) is 0 Å². The van der Waals surface area contributed by atoms with Gasteiger partial charge in [0.2, 0.25) is 0 Å². The molecule has 0 spiro atoms. The summed E-state index contributed by atoms with van der Waals surface area (Å²) in [4.78, 5) is 11.4. The van der Waals surface area contributed by atoms with Crippen LogP contribution in [0.3, 0.4) is 0 Å². The van der Waals surface area contributed by atoms with Gasteiger partial charge in [-0.05, 0) is 62.1 Å². The number of nitrogens with zero attached hydrogens (tertiary/aromatic N) is 6. The second-order valence-corrected chi connectivity index (χ2v) is 11.2. The number of halogens is 3. The van der Waals surface area contributed by atoms with Crippen LogP contribution in [0.4, 0.5) is 18.9 Å². The molecule has 1 aliphatic rings. The van der Waals surface area contributed by atoms with E-state index in [-0.39, 0.29) is 24.2 Å². The molecule has 4 aromatic rings. The lowest BCUT2D eigenvalue weighted by Gasteiger charge is -2.33. The number of aromatic nitrogens is 5. The molecular formula is C28H32F3N7S. The monoisotopic (exact) mass is 555 g/mol. The quantitative estimate of drug-likeness (QED) is 0.243. The number of pyridine rings is 1. The number of hydrogen-bond donors (Lipinski definition) is 1. The third-order valence-electron chi connectivity index (χ3n) is 7.68. The maximum atomic E-state index is 14.1. The molecule has 3 heterocycles. The van der Waals surface area contributed by atoms with Crippen molar-refractivity contribution in [3.05, 3.63) is 87.6 Å². The average Bonchev–Trinajstić information content (AvgIpc) is 3.55. The number of nitrogens with one attached hydrogen (secondary N) is 1. The van der Waals surface area contributed by atoms with Crippen LogP contribution >= 0.6 is 11.3 Å². The molecule has 1 aliphatic carbocycles. The molecule has 1 aromatic carbocycles. The summed E-state index contributed by atoms with van der Waals surface area (Å²) < 4.78 is 44.3. The maximum Gasteiger partial charge on any atom is 0.418 e. The molecule has 0 unspecified atom stereocenters. The highest BCUT2D eigenvalue weighted by Crippen LogP contribution is 2.43. The largest absolute Gasteiger partial charge is 0.418 e. The van der Waals surface area contributed by atoms with Crippen molar-refractivity contribution in [2.24, 2.45) is 13.0 Å². The number of rotatable bonds is 10. The third kappa shape index (κ3) is 6.14. The van der Waals surface area contributed by atoms with Gasteiger partial charge in [0.05, 0.1) is 23.3 Å². The van der Waals surface area contributed by atoms with Crippen LogP contribution in [0, 0.1) is 5.92 Å². The Kier molecular flexibility index (Phi) is 7.99. The standard InChI is InChI=1S/C28H32F3N7S/c1-18(37(2)15-23-13-32-17-39-23)21-11-24(28(29,30)31)25(34-12-21)14-33-22-9-5-8-20(10-22)26(19-6-4-7-19)27-36-35-16-38(27)3/h5,8-13,16-19,26,33H,4,6-7,14-15H2,1-3H3/t18-,26+/m0/s1. The second-order valence-electron chi connectivity index (χ2n) is 10.3. The fourth-order valence-corrected chi connectivity index (χ4v) is 5.75. The van der Waals surface area contributed by atoms with Gasteiger partial charge >= 0.3 is 6.18 Å². The normalized spacial score (nSPS) is 15.8. The first-order chi connectivity index (χ1) is 18.7. The second kappa shape index (κ2) is 11.4.